The normalized spacial score (nSPS) is 9.25. The average molecular weight is 294 g/mol. The predicted molar refractivity (Wildman–Crippen MR) is 37.6 cm³/mol. The molecule has 0 rings (SSSR count). The van der Waals surface area contributed by atoms with E-state index >= 15 is 0 Å². The van der Waals surface area contributed by atoms with E-state index in [0.29, 0.717) is 0.793 Å². The molecule has 0 heterocycles. The van der Waals surface area contributed by atoms with E-state index in [9.17, 15) is 0 Å². The second-order valence-corrected chi connectivity index (χ2v) is 8.78. The molecule has 0 aliphatic carbocycles. The summed E-state index contributed by atoms with van der Waals surface area (Å²) in [5, 5.41) is 0. The summed E-state index contributed by atoms with van der Waals surface area (Å²) in [5.41, 5.74) is 0. The zero-order valence-electron chi connectivity index (χ0n) is 1.91. The van der Waals surface area contributed by atoms with Crippen molar-refractivity contribution in [2.75, 3.05) is 0 Å². The van der Waals surface area contributed by atoms with Crippen molar-refractivity contribution in [2.24, 2.45) is 0 Å². The van der Waals surface area contributed by atoms with Gasteiger partial charge in [-0.2, -0.15) is 0 Å². The van der Waals surface area contributed by atoms with E-state index in [1.165, 1.54) is 0 Å². The van der Waals surface area contributed by atoms with Gasteiger partial charge >= 0.3 is 62.3 Å². The summed E-state index contributed by atoms with van der Waals surface area (Å²) in [5.74, 6) is 0. The van der Waals surface area contributed by atoms with Crippen LogP contribution in [-0.2, 0) is 0 Å². The topological polar surface area (TPSA) is 0 Å². The third-order valence-electron chi connectivity index (χ3n) is 0. The van der Waals surface area contributed by atoms with Crippen LogP contribution in [0.5, 0.6) is 0 Å². The Morgan fingerprint density at radius 3 is 1.50 bits per heavy atom. The van der Waals surface area contributed by atoms with Crippen LogP contribution >= 0.6 is 45.2 Å². The second kappa shape index (κ2) is 3.19. The van der Waals surface area contributed by atoms with Gasteiger partial charge in [-0.3, -0.25) is 0 Å². The van der Waals surface area contributed by atoms with Crippen LogP contribution in [0.15, 0.2) is 0 Å². The zero-order chi connectivity index (χ0) is 3.58. The average Bonchev–Trinajstić information content (AvgIpc) is 0.811. The maximum atomic E-state index is 2.63. The molecule has 0 nitrogen and oxygen atoms in total. The summed E-state index contributed by atoms with van der Waals surface area (Å²) in [6.45, 7) is 0. The summed E-state index contributed by atoms with van der Waals surface area (Å²) in [7, 11) is 0. The minimum absolute atomic E-state index is 0.690. The van der Waals surface area contributed by atoms with Gasteiger partial charge in [0.2, 0.25) is 0 Å². The number of hydrogen-bond donors (Lipinski definition) is 0. The second-order valence-electron chi connectivity index (χ2n) is 0.334. The number of rotatable bonds is 0. The van der Waals surface area contributed by atoms with Gasteiger partial charge in [0.25, 0.3) is 0 Å². The Kier molecular flexibility index (Phi) is 4.78. The third kappa shape index (κ3) is 9.01. The summed E-state index contributed by atoms with van der Waals surface area (Å²) >= 11 is 7.22. The summed E-state index contributed by atoms with van der Waals surface area (Å²) in [4.78, 5) is 0. The maximum absolute atomic E-state index is 2.63. The van der Waals surface area contributed by atoms with Crippen LogP contribution in [0.1, 0.15) is 0 Å². The first-order chi connectivity index (χ1) is 1.73. The molecule has 0 aliphatic heterocycles. The molecule has 0 atom stereocenters. The molecule has 3 heteroatoms. The molecule has 20 valence electrons. The number of hydrogen-bond acceptors (Lipinski definition) is 0. The molecule has 4 heavy (non-hydrogen) atoms. The van der Waals surface area contributed by atoms with E-state index in [0.717, 1.165) is 0 Å². The monoisotopic (exact) mass is 294 g/mol. The summed E-state index contributed by atoms with van der Waals surface area (Å²) < 4.78 is 0.690. The Morgan fingerprint density at radius 1 is 1.50 bits per heavy atom. The molecule has 0 spiro atoms. The van der Waals surface area contributed by atoms with Crippen molar-refractivity contribution in [3.05, 3.63) is 0 Å². The minimum atomic E-state index is 0.690. The standard InChI is InChI=1S/CHI2.Al/c2-1-3;/h1H;/q;+2. The van der Waals surface area contributed by atoms with Crippen molar-refractivity contribution in [1.82, 2.24) is 0 Å². The Hall–Kier alpha value is 1.99. The van der Waals surface area contributed by atoms with Gasteiger partial charge in [-0.15, -0.1) is 0 Å². The van der Waals surface area contributed by atoms with Crippen molar-refractivity contribution in [2.45, 2.75) is 0.793 Å². The fourth-order valence-electron chi connectivity index (χ4n) is 0. The molecule has 0 saturated carbocycles. The van der Waals surface area contributed by atoms with Crippen molar-refractivity contribution in [3.63, 3.8) is 0 Å². The van der Waals surface area contributed by atoms with E-state index in [2.05, 4.69) is 61.5 Å². The molecule has 0 aromatic rings. The van der Waals surface area contributed by atoms with Crippen LogP contribution in [0.4, 0.5) is 0 Å². The van der Waals surface area contributed by atoms with Crippen molar-refractivity contribution < 1.29 is 0 Å². The van der Waals surface area contributed by atoms with Gasteiger partial charge in [-0.1, -0.05) is 0 Å². The summed E-state index contributed by atoms with van der Waals surface area (Å²) in [6, 6.07) is 0. The van der Waals surface area contributed by atoms with Crippen molar-refractivity contribution in [1.29, 1.82) is 0 Å². The van der Waals surface area contributed by atoms with E-state index in [1.54, 1.807) is 0 Å². The van der Waals surface area contributed by atoms with Gasteiger partial charge in [0.05, 0.1) is 0 Å². The Balaban J connectivity index is 2.32. The molecule has 0 unspecified atom stereocenters. The van der Waals surface area contributed by atoms with Gasteiger partial charge in [0.15, 0.2) is 0 Å². The SMILES string of the molecule is [Al+2][CH](I)I. The zero-order valence-corrected chi connectivity index (χ0v) is 7.38. The van der Waals surface area contributed by atoms with E-state index in [4.69, 9.17) is 0 Å². The van der Waals surface area contributed by atoms with Crippen molar-refractivity contribution in [3.8, 4) is 0 Å². The first-order valence-corrected chi connectivity index (χ1v) is 3.93. The number of halogens is 2. The van der Waals surface area contributed by atoms with Gasteiger partial charge in [-0.25, -0.2) is 0 Å². The predicted octanol–water partition coefficient (Wildman–Crippen LogP) is 1.31. The molecule has 0 amide bonds. The molecule has 0 saturated heterocycles. The molecule has 0 N–H and O–H groups in total. The fraction of sp³-hybridized carbons (Fsp3) is 1.00. The molecule has 0 aromatic carbocycles. The van der Waals surface area contributed by atoms with Gasteiger partial charge in [0, 0.05) is 0 Å². The Labute approximate surface area is 61.4 Å². The van der Waals surface area contributed by atoms with Crippen LogP contribution in [0.2, 0.25) is 0 Å². The van der Waals surface area contributed by atoms with Crippen LogP contribution in [0.25, 0.3) is 0 Å². The number of alkyl halides is 2. The van der Waals surface area contributed by atoms with Gasteiger partial charge in [0.1, 0.15) is 0 Å². The first kappa shape index (κ1) is 5.99. The molecule has 0 radical (unpaired) electrons. The Bertz CT molecular complexity index is 10.8. The summed E-state index contributed by atoms with van der Waals surface area (Å²) in [6.07, 6.45) is 0. The molecule has 0 bridgehead atoms. The molecule has 0 aliphatic rings. The van der Waals surface area contributed by atoms with E-state index < -0.39 is 0 Å². The van der Waals surface area contributed by atoms with Gasteiger partial charge < -0.3 is 0 Å². The third-order valence-corrected chi connectivity index (χ3v) is 0. The molecule has 0 fully saturated rings. The van der Waals surface area contributed by atoms with E-state index in [-0.39, 0.29) is 0 Å². The Morgan fingerprint density at radius 2 is 1.50 bits per heavy atom. The molecular formula is CHAlI2+2. The van der Waals surface area contributed by atoms with Gasteiger partial charge in [-0.05, 0) is 0 Å². The quantitative estimate of drug-likeness (QED) is 0.359. The van der Waals surface area contributed by atoms with Crippen LogP contribution in [0, 0.1) is 0 Å². The van der Waals surface area contributed by atoms with Crippen LogP contribution < -0.4 is 0 Å². The van der Waals surface area contributed by atoms with E-state index in [1.807, 2.05) is 0 Å². The molecule has 0 aromatic heterocycles. The van der Waals surface area contributed by atoms with Crippen LogP contribution in [-0.4, -0.2) is 17.1 Å². The first-order valence-electron chi connectivity index (χ1n) is 0.770. The fourth-order valence-corrected chi connectivity index (χ4v) is 0. The van der Waals surface area contributed by atoms with Crippen LogP contribution in [0.3, 0.4) is 0 Å². The van der Waals surface area contributed by atoms with Crippen molar-refractivity contribution >= 4 is 61.5 Å². The molecular weight excluding hydrogens is 293 g/mol.